The average molecular weight is 258 g/mol. The Kier molecular flexibility index (Phi) is 4.06. The van der Waals surface area contributed by atoms with Crippen LogP contribution in [0.3, 0.4) is 0 Å². The molecule has 0 bridgehead atoms. The summed E-state index contributed by atoms with van der Waals surface area (Å²) in [6.07, 6.45) is 2.05. The van der Waals surface area contributed by atoms with E-state index in [1.165, 1.54) is 0 Å². The van der Waals surface area contributed by atoms with Gasteiger partial charge in [-0.05, 0) is 49.4 Å². The highest BCUT2D eigenvalue weighted by molar-refractivity contribution is 5.66. The molecule has 1 atom stereocenters. The number of hydrogen-bond donors (Lipinski definition) is 1. The van der Waals surface area contributed by atoms with E-state index in [9.17, 15) is 4.79 Å². The van der Waals surface area contributed by atoms with Crippen LogP contribution in [-0.2, 0) is 4.79 Å². The third-order valence-electron chi connectivity index (χ3n) is 3.75. The molecule has 100 valence electrons. The molecule has 4 heteroatoms. The molecule has 2 rings (SSSR count). The molecule has 1 heterocycles. The van der Waals surface area contributed by atoms with E-state index in [1.807, 2.05) is 25.1 Å². The summed E-state index contributed by atoms with van der Waals surface area (Å²) in [5.74, 6) is -0.250. The molecule has 0 aliphatic carbocycles. The fourth-order valence-corrected chi connectivity index (χ4v) is 2.60. The summed E-state index contributed by atoms with van der Waals surface area (Å²) in [5.41, 5.74) is 2.84. The fraction of sp³-hybridized carbons (Fsp3) is 0.467. The van der Waals surface area contributed by atoms with Gasteiger partial charge in [-0.15, -0.1) is 0 Å². The van der Waals surface area contributed by atoms with Crippen LogP contribution in [0.15, 0.2) is 18.2 Å². The number of aliphatic carboxylic acids is 1. The Bertz CT molecular complexity index is 519. The number of benzene rings is 1. The number of nitriles is 1. The van der Waals surface area contributed by atoms with Crippen molar-refractivity contribution < 1.29 is 9.90 Å². The van der Waals surface area contributed by atoms with Crippen molar-refractivity contribution in [2.75, 3.05) is 18.0 Å². The zero-order valence-electron chi connectivity index (χ0n) is 11.1. The second kappa shape index (κ2) is 5.75. The van der Waals surface area contributed by atoms with Crippen LogP contribution >= 0.6 is 0 Å². The van der Waals surface area contributed by atoms with Crippen molar-refractivity contribution in [3.63, 3.8) is 0 Å². The maximum atomic E-state index is 10.6. The van der Waals surface area contributed by atoms with Gasteiger partial charge in [-0.25, -0.2) is 0 Å². The molecule has 0 saturated carbocycles. The lowest BCUT2D eigenvalue weighted by Gasteiger charge is -2.19. The Hall–Kier alpha value is -2.02. The van der Waals surface area contributed by atoms with E-state index in [1.54, 1.807) is 0 Å². The number of carboxylic acid groups (broad SMARTS) is 1. The Labute approximate surface area is 113 Å². The minimum absolute atomic E-state index is 0.255. The average Bonchev–Trinajstić information content (AvgIpc) is 2.85. The van der Waals surface area contributed by atoms with E-state index in [2.05, 4.69) is 11.0 Å². The molecule has 1 unspecified atom stereocenters. The smallest absolute Gasteiger partial charge is 0.303 e. The Balaban J connectivity index is 1.99. The first-order valence-corrected chi connectivity index (χ1v) is 6.57. The molecule has 19 heavy (non-hydrogen) atoms. The van der Waals surface area contributed by atoms with Gasteiger partial charge in [0, 0.05) is 25.2 Å². The number of nitrogens with zero attached hydrogens (tertiary/aromatic N) is 2. The number of carbonyl (C=O) groups is 1. The van der Waals surface area contributed by atoms with Crippen molar-refractivity contribution in [3.8, 4) is 6.07 Å². The molecule has 0 aromatic heterocycles. The van der Waals surface area contributed by atoms with E-state index in [0.717, 1.165) is 37.2 Å². The molecule has 1 aromatic rings. The van der Waals surface area contributed by atoms with Crippen molar-refractivity contribution in [2.24, 2.45) is 5.92 Å². The third kappa shape index (κ3) is 3.25. The van der Waals surface area contributed by atoms with Crippen LogP contribution < -0.4 is 4.90 Å². The maximum Gasteiger partial charge on any atom is 0.303 e. The predicted molar refractivity (Wildman–Crippen MR) is 73.1 cm³/mol. The minimum atomic E-state index is -0.715. The normalized spacial score (nSPS) is 18.3. The molecule has 1 N–H and O–H groups in total. The highest BCUT2D eigenvalue weighted by Crippen LogP contribution is 2.27. The van der Waals surface area contributed by atoms with Crippen LogP contribution in [0, 0.1) is 24.2 Å². The Morgan fingerprint density at radius 1 is 1.58 bits per heavy atom. The van der Waals surface area contributed by atoms with Gasteiger partial charge >= 0.3 is 5.97 Å². The number of carboxylic acids is 1. The third-order valence-corrected chi connectivity index (χ3v) is 3.75. The highest BCUT2D eigenvalue weighted by Gasteiger charge is 2.23. The molecule has 0 amide bonds. The summed E-state index contributed by atoms with van der Waals surface area (Å²) in [6.45, 7) is 3.83. The minimum Gasteiger partial charge on any atom is -0.481 e. The van der Waals surface area contributed by atoms with Crippen LogP contribution in [-0.4, -0.2) is 24.2 Å². The molecule has 1 aromatic carbocycles. The van der Waals surface area contributed by atoms with Gasteiger partial charge in [0.05, 0.1) is 11.6 Å². The molecular formula is C15H18N2O2. The van der Waals surface area contributed by atoms with E-state index in [4.69, 9.17) is 10.4 Å². The zero-order chi connectivity index (χ0) is 13.8. The van der Waals surface area contributed by atoms with Crippen LogP contribution in [0.1, 0.15) is 30.4 Å². The highest BCUT2D eigenvalue weighted by atomic mass is 16.4. The van der Waals surface area contributed by atoms with Crippen LogP contribution in [0.4, 0.5) is 5.69 Å². The number of anilines is 1. The monoisotopic (exact) mass is 258 g/mol. The van der Waals surface area contributed by atoms with Gasteiger partial charge in [0.25, 0.3) is 0 Å². The lowest BCUT2D eigenvalue weighted by molar-refractivity contribution is -0.137. The molecule has 1 aliphatic rings. The quantitative estimate of drug-likeness (QED) is 0.901. The van der Waals surface area contributed by atoms with E-state index in [-0.39, 0.29) is 6.42 Å². The standard InChI is InChI=1S/C15H18N2O2/c1-11-8-14(4-3-13(11)9-16)17-7-6-12(10-17)2-5-15(18)19/h3-4,8,12H,2,5-7,10H2,1H3,(H,18,19). The Morgan fingerprint density at radius 2 is 2.37 bits per heavy atom. The van der Waals surface area contributed by atoms with Crippen molar-refractivity contribution >= 4 is 11.7 Å². The molecular weight excluding hydrogens is 240 g/mol. The van der Waals surface area contributed by atoms with Crippen LogP contribution in [0.2, 0.25) is 0 Å². The first kappa shape index (κ1) is 13.4. The lowest BCUT2D eigenvalue weighted by atomic mass is 10.0. The van der Waals surface area contributed by atoms with Gasteiger partial charge in [-0.1, -0.05) is 0 Å². The second-order valence-electron chi connectivity index (χ2n) is 5.14. The van der Waals surface area contributed by atoms with Crippen LogP contribution in [0.25, 0.3) is 0 Å². The topological polar surface area (TPSA) is 64.3 Å². The summed E-state index contributed by atoms with van der Waals surface area (Å²) in [4.78, 5) is 12.9. The summed E-state index contributed by atoms with van der Waals surface area (Å²) >= 11 is 0. The van der Waals surface area contributed by atoms with Crippen molar-refractivity contribution in [2.45, 2.75) is 26.2 Å². The largest absolute Gasteiger partial charge is 0.481 e. The molecule has 1 aliphatic heterocycles. The van der Waals surface area contributed by atoms with E-state index >= 15 is 0 Å². The SMILES string of the molecule is Cc1cc(N2CCC(CCC(=O)O)C2)ccc1C#N. The van der Waals surface area contributed by atoms with E-state index in [0.29, 0.717) is 11.5 Å². The molecule has 0 spiro atoms. The van der Waals surface area contributed by atoms with Crippen LogP contribution in [0.5, 0.6) is 0 Å². The van der Waals surface area contributed by atoms with Gasteiger partial charge in [0.15, 0.2) is 0 Å². The maximum absolute atomic E-state index is 10.6. The van der Waals surface area contributed by atoms with Gasteiger partial charge in [0.2, 0.25) is 0 Å². The first-order chi connectivity index (χ1) is 9.10. The van der Waals surface area contributed by atoms with Gasteiger partial charge < -0.3 is 10.0 Å². The van der Waals surface area contributed by atoms with E-state index < -0.39 is 5.97 Å². The number of aryl methyl sites for hydroxylation is 1. The van der Waals surface area contributed by atoms with Crippen molar-refractivity contribution in [3.05, 3.63) is 29.3 Å². The van der Waals surface area contributed by atoms with Gasteiger partial charge in [0.1, 0.15) is 0 Å². The predicted octanol–water partition coefficient (Wildman–Crippen LogP) is 2.56. The number of rotatable bonds is 4. The van der Waals surface area contributed by atoms with Gasteiger partial charge in [-0.2, -0.15) is 5.26 Å². The number of hydrogen-bond acceptors (Lipinski definition) is 3. The lowest BCUT2D eigenvalue weighted by Crippen LogP contribution is -2.20. The summed E-state index contributed by atoms with van der Waals surface area (Å²) < 4.78 is 0. The van der Waals surface area contributed by atoms with Gasteiger partial charge in [-0.3, -0.25) is 4.79 Å². The molecule has 4 nitrogen and oxygen atoms in total. The summed E-state index contributed by atoms with van der Waals surface area (Å²) in [5, 5.41) is 17.6. The van der Waals surface area contributed by atoms with Crippen molar-refractivity contribution in [1.29, 1.82) is 5.26 Å². The summed E-state index contributed by atoms with van der Waals surface area (Å²) in [6, 6.07) is 8.04. The van der Waals surface area contributed by atoms with Crippen molar-refractivity contribution in [1.82, 2.24) is 0 Å². The zero-order valence-corrected chi connectivity index (χ0v) is 11.1. The first-order valence-electron chi connectivity index (χ1n) is 6.57. The molecule has 1 fully saturated rings. The summed E-state index contributed by atoms with van der Waals surface area (Å²) in [7, 11) is 0. The Morgan fingerprint density at radius 3 is 3.00 bits per heavy atom. The molecule has 1 saturated heterocycles. The fourth-order valence-electron chi connectivity index (χ4n) is 2.60. The second-order valence-corrected chi connectivity index (χ2v) is 5.14. The molecule has 0 radical (unpaired) electrons.